The fraction of sp³-hybridized carbons (Fsp3) is 0. The van der Waals surface area contributed by atoms with Crippen LogP contribution in [0.25, 0.3) is 22.3 Å². The lowest BCUT2D eigenvalue weighted by Crippen LogP contribution is -2.57. The monoisotopic (exact) mass is 422 g/mol. The first-order valence-corrected chi connectivity index (χ1v) is 11.2. The van der Waals surface area contributed by atoms with Gasteiger partial charge in [0.1, 0.15) is 23.0 Å². The van der Waals surface area contributed by atoms with Gasteiger partial charge in [0.15, 0.2) is 0 Å². The molecule has 33 heavy (non-hydrogen) atoms. The predicted octanol–water partition coefficient (Wildman–Crippen LogP) is 5.75. The maximum absolute atomic E-state index is 6.37. The molecule has 0 fully saturated rings. The smallest absolute Gasteiger partial charge is 0.260 e. The molecule has 0 bridgehead atoms. The molecule has 5 aromatic carbocycles. The Balaban J connectivity index is 1.44. The third-order valence-corrected chi connectivity index (χ3v) is 6.63. The van der Waals surface area contributed by atoms with Crippen LogP contribution in [0.5, 0.6) is 23.0 Å². The fourth-order valence-corrected chi connectivity index (χ4v) is 5.15. The highest BCUT2D eigenvalue weighted by molar-refractivity contribution is 6.98. The van der Waals surface area contributed by atoms with Crippen molar-refractivity contribution in [3.63, 3.8) is 0 Å². The van der Waals surface area contributed by atoms with E-state index in [0.29, 0.717) is 0 Å². The molecule has 0 saturated carbocycles. The Morgan fingerprint density at radius 2 is 1.03 bits per heavy atom. The highest BCUT2D eigenvalue weighted by atomic mass is 16.5. The number of para-hydroxylation sites is 1. The van der Waals surface area contributed by atoms with Gasteiger partial charge in [0.2, 0.25) is 0 Å². The van der Waals surface area contributed by atoms with Crippen LogP contribution in [-0.2, 0) is 0 Å². The number of fused-ring (bicyclic) bond motifs is 4. The standard InChI is InChI=1S/C30H19BO2/c1-2-9-20(10-3-1)22-11-4-5-12-23(22)21-17-18-27-25(19-21)31-24-13-6-7-14-26(24)32-28-15-8-16-29(33-27)30(28)31/h1-19H. The van der Waals surface area contributed by atoms with E-state index in [-0.39, 0.29) is 6.71 Å². The lowest BCUT2D eigenvalue weighted by Gasteiger charge is -2.33. The number of rotatable bonds is 2. The zero-order valence-electron chi connectivity index (χ0n) is 17.9. The van der Waals surface area contributed by atoms with Crippen molar-refractivity contribution in [2.24, 2.45) is 0 Å². The van der Waals surface area contributed by atoms with Crippen LogP contribution in [0.15, 0.2) is 115 Å². The summed E-state index contributed by atoms with van der Waals surface area (Å²) >= 11 is 0. The summed E-state index contributed by atoms with van der Waals surface area (Å²) in [5, 5.41) is 0. The quantitative estimate of drug-likeness (QED) is 0.331. The van der Waals surface area contributed by atoms with Crippen LogP contribution in [0.2, 0.25) is 0 Å². The Morgan fingerprint density at radius 1 is 0.424 bits per heavy atom. The van der Waals surface area contributed by atoms with E-state index in [1.807, 2.05) is 24.3 Å². The summed E-state index contributed by atoms with van der Waals surface area (Å²) in [6.07, 6.45) is 0. The van der Waals surface area contributed by atoms with E-state index in [2.05, 4.69) is 91.0 Å². The van der Waals surface area contributed by atoms with Crippen molar-refractivity contribution in [3.8, 4) is 45.3 Å². The Bertz CT molecular complexity index is 1510. The Labute approximate surface area is 193 Å². The van der Waals surface area contributed by atoms with Crippen LogP contribution in [-0.4, -0.2) is 6.71 Å². The van der Waals surface area contributed by atoms with Crippen molar-refractivity contribution in [1.29, 1.82) is 0 Å². The van der Waals surface area contributed by atoms with Crippen molar-refractivity contribution in [3.05, 3.63) is 115 Å². The second-order valence-electron chi connectivity index (χ2n) is 8.51. The first kappa shape index (κ1) is 18.3. The number of hydrogen-bond donors (Lipinski definition) is 0. The molecule has 2 heterocycles. The summed E-state index contributed by atoms with van der Waals surface area (Å²) in [4.78, 5) is 0. The third kappa shape index (κ3) is 2.83. The van der Waals surface area contributed by atoms with Crippen LogP contribution in [0, 0.1) is 0 Å². The molecule has 7 rings (SSSR count). The van der Waals surface area contributed by atoms with Crippen molar-refractivity contribution in [1.82, 2.24) is 0 Å². The molecule has 0 atom stereocenters. The normalized spacial score (nSPS) is 12.7. The molecule has 0 amide bonds. The Kier molecular flexibility index (Phi) is 3.97. The van der Waals surface area contributed by atoms with Crippen molar-refractivity contribution in [2.75, 3.05) is 0 Å². The van der Waals surface area contributed by atoms with Gasteiger partial charge in [0, 0.05) is 5.46 Å². The van der Waals surface area contributed by atoms with Crippen molar-refractivity contribution < 1.29 is 9.47 Å². The van der Waals surface area contributed by atoms with Crippen molar-refractivity contribution >= 4 is 23.1 Å². The topological polar surface area (TPSA) is 18.5 Å². The minimum absolute atomic E-state index is 0.0775. The average molecular weight is 422 g/mol. The van der Waals surface area contributed by atoms with E-state index < -0.39 is 0 Å². The Morgan fingerprint density at radius 3 is 1.82 bits per heavy atom. The maximum Gasteiger partial charge on any atom is 0.260 e. The van der Waals surface area contributed by atoms with Crippen LogP contribution in [0.3, 0.4) is 0 Å². The highest BCUT2D eigenvalue weighted by Gasteiger charge is 2.39. The summed E-state index contributed by atoms with van der Waals surface area (Å²) in [6.45, 7) is 0.0775. The maximum atomic E-state index is 6.37. The molecule has 0 unspecified atom stereocenters. The van der Waals surface area contributed by atoms with E-state index >= 15 is 0 Å². The van der Waals surface area contributed by atoms with Crippen LogP contribution in [0.4, 0.5) is 0 Å². The summed E-state index contributed by atoms with van der Waals surface area (Å²) in [5.74, 6) is 3.56. The largest absolute Gasteiger partial charge is 0.458 e. The second-order valence-corrected chi connectivity index (χ2v) is 8.51. The molecule has 2 aliphatic heterocycles. The SMILES string of the molecule is c1ccc(-c2ccccc2-c2ccc3c(c2)B2c4ccccc4Oc4cccc(c42)O3)cc1. The van der Waals surface area contributed by atoms with Gasteiger partial charge in [-0.05, 0) is 57.4 Å². The van der Waals surface area contributed by atoms with Crippen molar-refractivity contribution in [2.45, 2.75) is 0 Å². The van der Waals surface area contributed by atoms with Gasteiger partial charge in [-0.25, -0.2) is 0 Å². The van der Waals surface area contributed by atoms with E-state index in [1.54, 1.807) is 0 Å². The molecule has 0 radical (unpaired) electrons. The third-order valence-electron chi connectivity index (χ3n) is 6.63. The van der Waals surface area contributed by atoms with E-state index in [1.165, 1.54) is 33.2 Å². The van der Waals surface area contributed by atoms with Crippen LogP contribution in [0.1, 0.15) is 0 Å². The number of benzene rings is 5. The lowest BCUT2D eigenvalue weighted by atomic mass is 9.35. The molecule has 0 N–H and O–H groups in total. The van der Waals surface area contributed by atoms with Gasteiger partial charge in [0.05, 0.1) is 0 Å². The molecule has 2 nitrogen and oxygen atoms in total. The highest BCUT2D eigenvalue weighted by Crippen LogP contribution is 2.37. The zero-order valence-corrected chi connectivity index (χ0v) is 17.9. The van der Waals surface area contributed by atoms with E-state index in [0.717, 1.165) is 28.5 Å². The van der Waals surface area contributed by atoms with Crippen LogP contribution >= 0.6 is 0 Å². The number of hydrogen-bond acceptors (Lipinski definition) is 2. The molecule has 2 aliphatic rings. The van der Waals surface area contributed by atoms with Gasteiger partial charge < -0.3 is 9.47 Å². The molecule has 0 spiro atoms. The van der Waals surface area contributed by atoms with E-state index in [9.17, 15) is 0 Å². The molecule has 5 aromatic rings. The van der Waals surface area contributed by atoms with Gasteiger partial charge in [-0.15, -0.1) is 0 Å². The molecule has 0 saturated heterocycles. The molecule has 0 aliphatic carbocycles. The molecule has 0 aromatic heterocycles. The Hall–Kier alpha value is -4.24. The average Bonchev–Trinajstić information content (AvgIpc) is 2.89. The van der Waals surface area contributed by atoms with Gasteiger partial charge in [0.25, 0.3) is 6.71 Å². The first-order valence-electron chi connectivity index (χ1n) is 11.2. The van der Waals surface area contributed by atoms with Crippen LogP contribution < -0.4 is 25.9 Å². The molecular weight excluding hydrogens is 403 g/mol. The molecular formula is C30H19BO2. The number of ether oxygens (including phenoxy) is 2. The molecule has 3 heteroatoms. The predicted molar refractivity (Wildman–Crippen MR) is 135 cm³/mol. The first-order chi connectivity index (χ1) is 16.4. The van der Waals surface area contributed by atoms with Gasteiger partial charge in [-0.2, -0.15) is 0 Å². The van der Waals surface area contributed by atoms with Gasteiger partial charge in [-0.1, -0.05) is 91.0 Å². The summed E-state index contributed by atoms with van der Waals surface area (Å²) in [5.41, 5.74) is 8.29. The van der Waals surface area contributed by atoms with Gasteiger partial charge >= 0.3 is 0 Å². The lowest BCUT2D eigenvalue weighted by molar-refractivity contribution is 0.464. The van der Waals surface area contributed by atoms with E-state index in [4.69, 9.17) is 9.47 Å². The minimum Gasteiger partial charge on any atom is -0.458 e. The summed E-state index contributed by atoms with van der Waals surface area (Å²) in [7, 11) is 0. The summed E-state index contributed by atoms with van der Waals surface area (Å²) < 4.78 is 12.6. The summed E-state index contributed by atoms with van der Waals surface area (Å²) in [6, 6.07) is 40.1. The molecule has 154 valence electrons. The fourth-order valence-electron chi connectivity index (χ4n) is 5.15. The second kappa shape index (κ2) is 7.14. The van der Waals surface area contributed by atoms with Gasteiger partial charge in [-0.3, -0.25) is 0 Å². The zero-order chi connectivity index (χ0) is 21.8. The minimum atomic E-state index is 0.0775.